The van der Waals surface area contributed by atoms with Crippen LogP contribution in [-0.2, 0) is 9.53 Å². The highest BCUT2D eigenvalue weighted by atomic mass is 32.2. The molecule has 9 heteroatoms. The maximum Gasteiger partial charge on any atom is 0.341 e. The van der Waals surface area contributed by atoms with Crippen molar-refractivity contribution in [3.63, 3.8) is 0 Å². The zero-order chi connectivity index (χ0) is 27.9. The van der Waals surface area contributed by atoms with Crippen molar-refractivity contribution in [3.05, 3.63) is 94.9 Å². The highest BCUT2D eigenvalue weighted by Gasteiger charge is 2.24. The summed E-state index contributed by atoms with van der Waals surface area (Å²) in [6, 6.07) is 23.6. The second-order valence-corrected chi connectivity index (χ2v) is 11.6. The Morgan fingerprint density at radius 2 is 1.54 bits per heavy atom. The van der Waals surface area contributed by atoms with Gasteiger partial charge in [0.25, 0.3) is 0 Å². The van der Waals surface area contributed by atoms with Gasteiger partial charge in [-0.2, -0.15) is 0 Å². The summed E-state index contributed by atoms with van der Waals surface area (Å²) in [5.74, 6) is -0.700. The molecule has 1 amide bonds. The summed E-state index contributed by atoms with van der Waals surface area (Å²) < 4.78 is 5.03. The van der Waals surface area contributed by atoms with Gasteiger partial charge in [-0.1, -0.05) is 53.6 Å². The van der Waals surface area contributed by atoms with E-state index < -0.39 is 11.2 Å². The van der Waals surface area contributed by atoms with Crippen LogP contribution in [0.5, 0.6) is 0 Å². The summed E-state index contributed by atoms with van der Waals surface area (Å²) in [6.07, 6.45) is 0. The van der Waals surface area contributed by atoms with Crippen molar-refractivity contribution in [2.75, 3.05) is 23.1 Å². The van der Waals surface area contributed by atoms with E-state index in [1.807, 2.05) is 98.9 Å². The van der Waals surface area contributed by atoms with Crippen LogP contribution in [0, 0.1) is 13.8 Å². The third kappa shape index (κ3) is 7.47. The first kappa shape index (κ1) is 28.4. The number of nitrogens with one attached hydrogen (secondary N) is 3. The van der Waals surface area contributed by atoms with Gasteiger partial charge in [-0.05, 0) is 68.9 Å². The molecule has 0 saturated heterocycles. The van der Waals surface area contributed by atoms with E-state index in [4.69, 9.17) is 17.0 Å². The van der Waals surface area contributed by atoms with E-state index in [1.165, 1.54) is 35.8 Å². The molecular weight excluding hydrogens is 547 g/mol. The molecule has 0 aliphatic carbocycles. The number of carbonyl (C=O) groups excluding carboxylic acids is 2. The maximum absolute atomic E-state index is 13.1. The number of methoxy groups -OCH3 is 1. The molecule has 0 bridgehead atoms. The van der Waals surface area contributed by atoms with Crippen LogP contribution >= 0.6 is 35.3 Å². The molecule has 6 nitrogen and oxygen atoms in total. The van der Waals surface area contributed by atoms with Gasteiger partial charge in [0.05, 0.1) is 12.4 Å². The molecule has 0 saturated carbocycles. The standard InChI is InChI=1S/C30H29N3O3S3/c1-18-8-12-21(13-9-18)25-17-38-28(26(25)29(35)36-4)33-27(34)20(3)39-24-7-5-6-23(16-24)32-30(37)31-22-14-10-19(2)11-15-22/h5-17,20H,1-4H3,(H,33,34)(H2,31,32,37). The maximum atomic E-state index is 13.1. The molecule has 3 N–H and O–H groups in total. The molecule has 1 unspecified atom stereocenters. The van der Waals surface area contributed by atoms with Gasteiger partial charge in [-0.25, -0.2) is 4.79 Å². The first-order valence-electron chi connectivity index (χ1n) is 12.2. The largest absolute Gasteiger partial charge is 0.465 e. The number of rotatable bonds is 8. The molecule has 0 fully saturated rings. The van der Waals surface area contributed by atoms with Crippen molar-refractivity contribution < 1.29 is 14.3 Å². The first-order valence-corrected chi connectivity index (χ1v) is 14.4. The zero-order valence-electron chi connectivity index (χ0n) is 22.0. The van der Waals surface area contributed by atoms with Gasteiger partial charge in [0, 0.05) is 27.2 Å². The molecule has 3 aromatic carbocycles. The number of anilines is 3. The minimum absolute atomic E-state index is 0.211. The minimum Gasteiger partial charge on any atom is -0.465 e. The van der Waals surface area contributed by atoms with Crippen molar-refractivity contribution in [3.8, 4) is 11.1 Å². The van der Waals surface area contributed by atoms with Crippen LogP contribution in [0.25, 0.3) is 11.1 Å². The fraction of sp³-hybridized carbons (Fsp3) is 0.167. The predicted octanol–water partition coefficient (Wildman–Crippen LogP) is 7.75. The molecule has 4 aromatic rings. The van der Waals surface area contributed by atoms with E-state index >= 15 is 0 Å². The van der Waals surface area contributed by atoms with E-state index in [0.29, 0.717) is 15.7 Å². The third-order valence-corrected chi connectivity index (χ3v) is 8.06. The number of thiophene rings is 1. The SMILES string of the molecule is COC(=O)c1c(-c2ccc(C)cc2)csc1NC(=O)C(C)Sc1cccc(NC(=S)Nc2ccc(C)cc2)c1. The summed E-state index contributed by atoms with van der Waals surface area (Å²) >= 11 is 8.18. The summed E-state index contributed by atoms with van der Waals surface area (Å²) in [7, 11) is 1.34. The molecule has 4 rings (SSSR count). The number of esters is 1. The number of amides is 1. The lowest BCUT2D eigenvalue weighted by Crippen LogP contribution is -2.23. The van der Waals surface area contributed by atoms with E-state index in [9.17, 15) is 9.59 Å². The van der Waals surface area contributed by atoms with Crippen molar-refractivity contribution in [2.24, 2.45) is 0 Å². The van der Waals surface area contributed by atoms with Gasteiger partial charge in [-0.3, -0.25) is 4.79 Å². The Morgan fingerprint density at radius 1 is 0.897 bits per heavy atom. The predicted molar refractivity (Wildman–Crippen MR) is 167 cm³/mol. The molecule has 1 heterocycles. The minimum atomic E-state index is -0.489. The third-order valence-electron chi connectivity index (χ3n) is 5.86. The Hall–Kier alpha value is -3.66. The quantitative estimate of drug-likeness (QED) is 0.113. The Morgan fingerprint density at radius 3 is 2.21 bits per heavy atom. The van der Waals surface area contributed by atoms with Crippen LogP contribution in [0.1, 0.15) is 28.4 Å². The number of ether oxygens (including phenoxy) is 1. The molecular formula is C30H29N3O3S3. The Balaban J connectivity index is 1.42. The lowest BCUT2D eigenvalue weighted by molar-refractivity contribution is -0.115. The van der Waals surface area contributed by atoms with Crippen molar-refractivity contribution in [1.29, 1.82) is 0 Å². The number of benzene rings is 3. The topological polar surface area (TPSA) is 79.5 Å². The number of hydrogen-bond donors (Lipinski definition) is 3. The molecule has 0 radical (unpaired) electrons. The van der Waals surface area contributed by atoms with Gasteiger partial charge >= 0.3 is 5.97 Å². The molecule has 0 aliphatic heterocycles. The fourth-order valence-corrected chi connectivity index (χ4v) is 5.87. The van der Waals surface area contributed by atoms with E-state index in [2.05, 4.69) is 16.0 Å². The lowest BCUT2D eigenvalue weighted by Gasteiger charge is -2.14. The second-order valence-electron chi connectivity index (χ2n) is 8.93. The lowest BCUT2D eigenvalue weighted by atomic mass is 10.0. The fourth-order valence-electron chi connectivity index (χ4n) is 3.75. The number of carbonyl (C=O) groups is 2. The van der Waals surface area contributed by atoms with Crippen LogP contribution in [0.2, 0.25) is 0 Å². The molecule has 0 aliphatic rings. The van der Waals surface area contributed by atoms with Crippen molar-refractivity contribution in [2.45, 2.75) is 30.9 Å². The van der Waals surface area contributed by atoms with Crippen LogP contribution in [0.3, 0.4) is 0 Å². The monoisotopic (exact) mass is 575 g/mol. The number of thiocarbonyl (C=S) groups is 1. The summed E-state index contributed by atoms with van der Waals surface area (Å²) in [5, 5.41) is 11.7. The highest BCUT2D eigenvalue weighted by molar-refractivity contribution is 8.00. The molecule has 1 aromatic heterocycles. The molecule has 200 valence electrons. The number of aryl methyl sites for hydroxylation is 2. The Labute approximate surface area is 242 Å². The molecule has 1 atom stereocenters. The highest BCUT2D eigenvalue weighted by Crippen LogP contribution is 2.37. The first-order chi connectivity index (χ1) is 18.7. The van der Waals surface area contributed by atoms with Crippen molar-refractivity contribution in [1.82, 2.24) is 0 Å². The smallest absolute Gasteiger partial charge is 0.341 e. The van der Waals surface area contributed by atoms with E-state index in [1.54, 1.807) is 0 Å². The van der Waals surface area contributed by atoms with Crippen LogP contribution in [-0.4, -0.2) is 29.3 Å². The van der Waals surface area contributed by atoms with E-state index in [0.717, 1.165) is 33.0 Å². The van der Waals surface area contributed by atoms with Crippen LogP contribution in [0.15, 0.2) is 83.1 Å². The number of hydrogen-bond acceptors (Lipinski definition) is 6. The van der Waals surface area contributed by atoms with Crippen LogP contribution in [0.4, 0.5) is 16.4 Å². The zero-order valence-corrected chi connectivity index (χ0v) is 24.5. The normalized spacial score (nSPS) is 11.4. The average Bonchev–Trinajstić information content (AvgIpc) is 3.33. The van der Waals surface area contributed by atoms with Crippen molar-refractivity contribution >= 4 is 68.7 Å². The van der Waals surface area contributed by atoms with Gasteiger partial charge in [-0.15, -0.1) is 23.1 Å². The van der Waals surface area contributed by atoms with Gasteiger partial charge in [0.15, 0.2) is 5.11 Å². The second kappa shape index (κ2) is 12.9. The van der Waals surface area contributed by atoms with Gasteiger partial charge in [0.1, 0.15) is 10.6 Å². The summed E-state index contributed by atoms with van der Waals surface area (Å²) in [5.41, 5.74) is 5.99. The van der Waals surface area contributed by atoms with E-state index in [-0.39, 0.29) is 5.91 Å². The number of thioether (sulfide) groups is 1. The van der Waals surface area contributed by atoms with Gasteiger partial charge < -0.3 is 20.7 Å². The summed E-state index contributed by atoms with van der Waals surface area (Å²) in [4.78, 5) is 26.7. The Kier molecular flexibility index (Phi) is 9.40. The molecule has 0 spiro atoms. The Bertz CT molecular complexity index is 1480. The van der Waals surface area contributed by atoms with Crippen LogP contribution < -0.4 is 16.0 Å². The molecule has 39 heavy (non-hydrogen) atoms. The van der Waals surface area contributed by atoms with Gasteiger partial charge in [0.2, 0.25) is 5.91 Å². The average molecular weight is 576 g/mol. The summed E-state index contributed by atoms with van der Waals surface area (Å²) in [6.45, 7) is 5.87.